The molecule has 0 radical (unpaired) electrons. The van der Waals surface area contributed by atoms with Gasteiger partial charge in [0.1, 0.15) is 23.4 Å². The molecular weight excluding hydrogens is 524 g/mol. The molecule has 10 heteroatoms. The van der Waals surface area contributed by atoms with Gasteiger partial charge in [0, 0.05) is 24.2 Å². The average Bonchev–Trinajstić information content (AvgIpc) is 2.90. The highest BCUT2D eigenvalue weighted by molar-refractivity contribution is 6.00. The number of carbonyl (C=O) groups excluding carboxylic acids is 4. The number of phenols is 1. The van der Waals surface area contributed by atoms with E-state index in [2.05, 4.69) is 17.2 Å². The van der Waals surface area contributed by atoms with Gasteiger partial charge in [-0.2, -0.15) is 0 Å². The first-order valence-electron chi connectivity index (χ1n) is 13.2. The van der Waals surface area contributed by atoms with Crippen LogP contribution in [0, 0.1) is 0 Å². The molecule has 0 bridgehead atoms. The molecule has 3 aromatic rings. The first-order chi connectivity index (χ1) is 19.4. The monoisotopic (exact) mass is 560 g/mol. The molecule has 41 heavy (non-hydrogen) atoms. The van der Waals surface area contributed by atoms with Crippen molar-refractivity contribution in [2.75, 3.05) is 11.9 Å². The van der Waals surface area contributed by atoms with Gasteiger partial charge in [-0.3, -0.25) is 14.4 Å². The number of nitrogens with zero attached hydrogens (tertiary/aromatic N) is 1. The van der Waals surface area contributed by atoms with Crippen molar-refractivity contribution in [3.63, 3.8) is 0 Å². The molecule has 0 aromatic heterocycles. The highest BCUT2D eigenvalue weighted by atomic mass is 16.6. The second kappa shape index (κ2) is 13.5. The number of fused-ring (bicyclic) bond motifs is 1. The van der Waals surface area contributed by atoms with Crippen LogP contribution in [0.3, 0.4) is 0 Å². The van der Waals surface area contributed by atoms with Crippen LogP contribution < -0.4 is 16.4 Å². The van der Waals surface area contributed by atoms with Gasteiger partial charge in [-0.1, -0.05) is 54.6 Å². The predicted molar refractivity (Wildman–Crippen MR) is 157 cm³/mol. The van der Waals surface area contributed by atoms with Gasteiger partial charge in [-0.05, 0) is 56.2 Å². The summed E-state index contributed by atoms with van der Waals surface area (Å²) >= 11 is 0. The quantitative estimate of drug-likeness (QED) is 0.255. The number of nitrogens with two attached hydrogens (primary N) is 1. The van der Waals surface area contributed by atoms with Crippen molar-refractivity contribution in [2.24, 2.45) is 5.73 Å². The second-order valence-electron chi connectivity index (χ2n) is 10.5. The van der Waals surface area contributed by atoms with E-state index in [9.17, 15) is 24.3 Å². The van der Waals surface area contributed by atoms with Crippen LogP contribution in [0.2, 0.25) is 0 Å². The van der Waals surface area contributed by atoms with Gasteiger partial charge in [0.15, 0.2) is 0 Å². The summed E-state index contributed by atoms with van der Waals surface area (Å²) in [5.74, 6) is -2.18. The number of ether oxygens (including phenoxy) is 1. The predicted octanol–water partition coefficient (Wildman–Crippen LogP) is 4.40. The molecule has 0 heterocycles. The molecule has 0 saturated heterocycles. The fourth-order valence-corrected chi connectivity index (χ4v) is 4.30. The third kappa shape index (κ3) is 8.56. The Labute approximate surface area is 239 Å². The largest absolute Gasteiger partial charge is 0.508 e. The maximum Gasteiger partial charge on any atom is 0.408 e. The van der Waals surface area contributed by atoms with E-state index in [4.69, 9.17) is 10.5 Å². The summed E-state index contributed by atoms with van der Waals surface area (Å²) in [6.07, 6.45) is 0.199. The summed E-state index contributed by atoms with van der Waals surface area (Å²) in [6, 6.07) is 16.6. The number of carbonyl (C=O) groups is 4. The second-order valence-corrected chi connectivity index (χ2v) is 10.5. The number of benzene rings is 3. The molecule has 3 rings (SSSR count). The van der Waals surface area contributed by atoms with Crippen molar-refractivity contribution in [1.29, 1.82) is 0 Å². The van der Waals surface area contributed by atoms with E-state index >= 15 is 0 Å². The zero-order valence-electron chi connectivity index (χ0n) is 23.4. The topological polar surface area (TPSA) is 151 Å². The molecule has 3 aromatic carbocycles. The summed E-state index contributed by atoms with van der Waals surface area (Å²) in [7, 11) is 0. The Morgan fingerprint density at radius 2 is 1.68 bits per heavy atom. The van der Waals surface area contributed by atoms with Gasteiger partial charge < -0.3 is 31.1 Å². The number of phenolic OH excluding ortho intramolecular Hbond substituents is 1. The molecule has 0 aliphatic rings. The Balaban J connectivity index is 2.02. The molecule has 0 saturated carbocycles. The summed E-state index contributed by atoms with van der Waals surface area (Å²) in [4.78, 5) is 53.3. The lowest BCUT2D eigenvalue weighted by Crippen LogP contribution is -2.52. The van der Waals surface area contributed by atoms with Crippen LogP contribution in [0.25, 0.3) is 10.8 Å². The maximum absolute atomic E-state index is 14.0. The number of amides is 4. The van der Waals surface area contributed by atoms with Gasteiger partial charge in [-0.15, -0.1) is 6.58 Å². The fourth-order valence-electron chi connectivity index (χ4n) is 4.30. The number of aromatic hydroxyl groups is 1. The lowest BCUT2D eigenvalue weighted by Gasteiger charge is -2.34. The van der Waals surface area contributed by atoms with Crippen LogP contribution >= 0.6 is 0 Å². The highest BCUT2D eigenvalue weighted by Gasteiger charge is 2.37. The molecule has 0 aliphatic carbocycles. The summed E-state index contributed by atoms with van der Waals surface area (Å²) in [5.41, 5.74) is 5.13. The van der Waals surface area contributed by atoms with Crippen molar-refractivity contribution in [3.05, 3.63) is 84.9 Å². The summed E-state index contributed by atoms with van der Waals surface area (Å²) < 4.78 is 5.31. The Morgan fingerprint density at radius 3 is 2.32 bits per heavy atom. The normalized spacial score (nSPS) is 12.6. The van der Waals surface area contributed by atoms with Crippen molar-refractivity contribution in [1.82, 2.24) is 10.2 Å². The Morgan fingerprint density at radius 1 is 1.02 bits per heavy atom. The van der Waals surface area contributed by atoms with Crippen LogP contribution in [0.5, 0.6) is 5.75 Å². The lowest BCUT2D eigenvalue weighted by atomic mass is 10.00. The first-order valence-corrected chi connectivity index (χ1v) is 13.2. The van der Waals surface area contributed by atoms with E-state index in [-0.39, 0.29) is 30.7 Å². The SMILES string of the molecule is C=CCN(C(=O)C(CCC(N)=O)NC(=O)OC(C)(C)C)C(C(=O)Nc1ccc2ccccc2c1)c1ccccc1O. The molecule has 0 spiro atoms. The van der Waals surface area contributed by atoms with Crippen LogP contribution in [-0.2, 0) is 19.1 Å². The molecule has 10 nitrogen and oxygen atoms in total. The van der Waals surface area contributed by atoms with Crippen molar-refractivity contribution in [3.8, 4) is 5.75 Å². The van der Waals surface area contributed by atoms with Gasteiger partial charge in [0.25, 0.3) is 5.91 Å². The zero-order chi connectivity index (χ0) is 30.2. The number of rotatable bonds is 11. The van der Waals surface area contributed by atoms with E-state index in [1.165, 1.54) is 23.1 Å². The van der Waals surface area contributed by atoms with Gasteiger partial charge >= 0.3 is 6.09 Å². The standard InChI is InChI=1S/C31H36N4O6/c1-5-18-35(29(39)24(16-17-26(32)37)34-30(40)41-31(2,3)4)27(23-12-8-9-13-25(23)36)28(38)33-22-15-14-20-10-6-7-11-21(20)19-22/h5-15,19,24,27,36H,1,16-18H2,2-4H3,(H2,32,37)(H,33,38)(H,34,40). The Kier molecular flexibility index (Phi) is 10.1. The number of para-hydroxylation sites is 1. The zero-order valence-corrected chi connectivity index (χ0v) is 23.4. The summed E-state index contributed by atoms with van der Waals surface area (Å²) in [5, 5.41) is 18.0. The summed E-state index contributed by atoms with van der Waals surface area (Å²) in [6.45, 7) is 8.62. The molecule has 216 valence electrons. The Bertz CT molecular complexity index is 1430. The fraction of sp³-hybridized carbons (Fsp3) is 0.290. The minimum Gasteiger partial charge on any atom is -0.508 e. The molecule has 0 fully saturated rings. The van der Waals surface area contributed by atoms with Crippen molar-refractivity contribution < 1.29 is 29.0 Å². The number of hydrogen-bond acceptors (Lipinski definition) is 6. The molecular formula is C31H36N4O6. The number of alkyl carbamates (subject to hydrolysis) is 1. The van der Waals surface area contributed by atoms with E-state index in [1.54, 1.807) is 45.0 Å². The average molecular weight is 561 g/mol. The van der Waals surface area contributed by atoms with Crippen LogP contribution in [0.4, 0.5) is 10.5 Å². The van der Waals surface area contributed by atoms with Crippen molar-refractivity contribution in [2.45, 2.75) is 51.3 Å². The van der Waals surface area contributed by atoms with Gasteiger partial charge in [0.05, 0.1) is 0 Å². The van der Waals surface area contributed by atoms with Gasteiger partial charge in [-0.25, -0.2) is 4.79 Å². The number of hydrogen-bond donors (Lipinski definition) is 4. The number of primary amides is 1. The van der Waals surface area contributed by atoms with E-state index in [1.807, 2.05) is 30.3 Å². The number of nitrogens with one attached hydrogen (secondary N) is 2. The number of anilines is 1. The minimum atomic E-state index is -1.33. The smallest absolute Gasteiger partial charge is 0.408 e. The molecule has 2 atom stereocenters. The van der Waals surface area contributed by atoms with Crippen LogP contribution in [0.1, 0.15) is 45.2 Å². The maximum atomic E-state index is 14.0. The van der Waals surface area contributed by atoms with E-state index in [0.717, 1.165) is 10.8 Å². The lowest BCUT2D eigenvalue weighted by molar-refractivity contribution is -0.140. The minimum absolute atomic E-state index is 0.119. The molecule has 5 N–H and O–H groups in total. The van der Waals surface area contributed by atoms with E-state index in [0.29, 0.717) is 5.69 Å². The van der Waals surface area contributed by atoms with E-state index < -0.39 is 41.5 Å². The Hall–Kier alpha value is -4.86. The molecule has 0 aliphatic heterocycles. The molecule has 4 amide bonds. The van der Waals surface area contributed by atoms with Crippen LogP contribution in [0.15, 0.2) is 79.4 Å². The first kappa shape index (κ1) is 30.7. The molecule has 2 unspecified atom stereocenters. The van der Waals surface area contributed by atoms with Crippen molar-refractivity contribution >= 4 is 40.3 Å². The van der Waals surface area contributed by atoms with Gasteiger partial charge in [0.2, 0.25) is 11.8 Å². The third-order valence-corrected chi connectivity index (χ3v) is 6.09. The van der Waals surface area contributed by atoms with Crippen LogP contribution in [-0.4, -0.2) is 52.0 Å². The third-order valence-electron chi connectivity index (χ3n) is 6.09. The highest BCUT2D eigenvalue weighted by Crippen LogP contribution is 2.31.